The molecule has 0 saturated carbocycles. The predicted molar refractivity (Wildman–Crippen MR) is 63.8 cm³/mol. The lowest BCUT2D eigenvalue weighted by molar-refractivity contribution is 0.161. The molecule has 0 fully saturated rings. The molecule has 1 heterocycles. The van der Waals surface area contributed by atoms with Crippen LogP contribution in [0.5, 0.6) is 0 Å². The van der Waals surface area contributed by atoms with Gasteiger partial charge in [0.2, 0.25) is 0 Å². The third-order valence-corrected chi connectivity index (χ3v) is 2.85. The molecule has 100 valence electrons. The molecule has 0 radical (unpaired) electrons. The smallest absolute Gasteiger partial charge is 0.194 e. The number of hydrogen-bond acceptors (Lipinski definition) is 2. The van der Waals surface area contributed by atoms with Crippen molar-refractivity contribution in [2.75, 3.05) is 0 Å². The Morgan fingerprint density at radius 2 is 1.89 bits per heavy atom. The van der Waals surface area contributed by atoms with Gasteiger partial charge in [0.05, 0.1) is 6.10 Å². The van der Waals surface area contributed by atoms with Gasteiger partial charge in [-0.3, -0.25) is 4.98 Å². The van der Waals surface area contributed by atoms with Gasteiger partial charge in [-0.1, -0.05) is 12.1 Å². The van der Waals surface area contributed by atoms with E-state index in [1.54, 1.807) is 18.5 Å². The zero-order chi connectivity index (χ0) is 13.8. The van der Waals surface area contributed by atoms with Crippen LogP contribution in [0.1, 0.15) is 23.7 Å². The van der Waals surface area contributed by atoms with Crippen molar-refractivity contribution in [3.8, 4) is 0 Å². The number of hydrogen-bond donors (Lipinski definition) is 1. The second kappa shape index (κ2) is 5.84. The van der Waals surface area contributed by atoms with Crippen LogP contribution in [-0.4, -0.2) is 10.1 Å². The van der Waals surface area contributed by atoms with Crippen LogP contribution in [0.4, 0.5) is 13.2 Å². The maximum atomic E-state index is 13.5. The standard InChI is InChI=1S/C14H12F3NO/c15-11-5-4-10(13(16)14(11)17)12(19)6-3-9-2-1-7-18-8-9/h1-2,4-5,7-8,12,19H,3,6H2. The summed E-state index contributed by atoms with van der Waals surface area (Å²) in [5.41, 5.74) is 0.646. The molecule has 2 nitrogen and oxygen atoms in total. The highest BCUT2D eigenvalue weighted by molar-refractivity contribution is 5.23. The highest BCUT2D eigenvalue weighted by Crippen LogP contribution is 2.24. The lowest BCUT2D eigenvalue weighted by Gasteiger charge is -2.12. The van der Waals surface area contributed by atoms with Crippen LogP contribution in [0.2, 0.25) is 0 Å². The Labute approximate surface area is 108 Å². The number of halogens is 3. The average Bonchev–Trinajstić information content (AvgIpc) is 2.43. The summed E-state index contributed by atoms with van der Waals surface area (Å²) < 4.78 is 39.3. The highest BCUT2D eigenvalue weighted by atomic mass is 19.2. The Kier molecular flexibility index (Phi) is 4.16. The van der Waals surface area contributed by atoms with Gasteiger partial charge in [-0.15, -0.1) is 0 Å². The number of benzene rings is 1. The Morgan fingerprint density at radius 3 is 2.58 bits per heavy atom. The predicted octanol–water partition coefficient (Wildman–Crippen LogP) is 3.17. The maximum absolute atomic E-state index is 13.5. The summed E-state index contributed by atoms with van der Waals surface area (Å²) in [4.78, 5) is 3.91. The summed E-state index contributed by atoms with van der Waals surface area (Å²) in [6.45, 7) is 0. The minimum absolute atomic E-state index is 0.202. The van der Waals surface area contributed by atoms with Crippen molar-refractivity contribution < 1.29 is 18.3 Å². The van der Waals surface area contributed by atoms with E-state index in [2.05, 4.69) is 4.98 Å². The fourth-order valence-electron chi connectivity index (χ4n) is 1.80. The van der Waals surface area contributed by atoms with Crippen molar-refractivity contribution in [1.82, 2.24) is 4.98 Å². The average molecular weight is 267 g/mol. The van der Waals surface area contributed by atoms with Crippen molar-refractivity contribution in [3.63, 3.8) is 0 Å². The van der Waals surface area contributed by atoms with Gasteiger partial charge in [0, 0.05) is 18.0 Å². The topological polar surface area (TPSA) is 33.1 Å². The molecule has 2 aromatic rings. The molecule has 1 N–H and O–H groups in total. The summed E-state index contributed by atoms with van der Waals surface area (Å²) in [5.74, 6) is -4.16. The van der Waals surface area contributed by atoms with Crippen LogP contribution in [0.3, 0.4) is 0 Å². The minimum atomic E-state index is -1.56. The normalized spacial score (nSPS) is 12.4. The Hall–Kier alpha value is -1.88. The molecule has 0 amide bonds. The van der Waals surface area contributed by atoms with Crippen LogP contribution in [0.25, 0.3) is 0 Å². The van der Waals surface area contributed by atoms with E-state index >= 15 is 0 Å². The van der Waals surface area contributed by atoms with E-state index in [0.717, 1.165) is 17.7 Å². The van der Waals surface area contributed by atoms with Gasteiger partial charge in [0.1, 0.15) is 0 Å². The van der Waals surface area contributed by atoms with Crippen LogP contribution in [0, 0.1) is 17.5 Å². The number of aliphatic hydroxyl groups excluding tert-OH is 1. The number of pyridine rings is 1. The Balaban J connectivity index is 2.08. The molecular weight excluding hydrogens is 255 g/mol. The number of rotatable bonds is 4. The number of aromatic nitrogens is 1. The summed E-state index contributed by atoms with van der Waals surface area (Å²) in [7, 11) is 0. The van der Waals surface area contributed by atoms with Gasteiger partial charge in [0.25, 0.3) is 0 Å². The van der Waals surface area contributed by atoms with Crippen LogP contribution >= 0.6 is 0 Å². The highest BCUT2D eigenvalue weighted by Gasteiger charge is 2.18. The van der Waals surface area contributed by atoms with Crippen molar-refractivity contribution in [1.29, 1.82) is 0 Å². The molecule has 1 aromatic heterocycles. The molecule has 0 aliphatic rings. The summed E-state index contributed by atoms with van der Waals surface area (Å²) in [5, 5.41) is 9.83. The van der Waals surface area contributed by atoms with Gasteiger partial charge in [0.15, 0.2) is 17.5 Å². The summed E-state index contributed by atoms with van der Waals surface area (Å²) in [6, 6.07) is 5.43. The molecule has 0 aliphatic carbocycles. The van der Waals surface area contributed by atoms with E-state index in [-0.39, 0.29) is 12.0 Å². The van der Waals surface area contributed by atoms with E-state index in [0.29, 0.717) is 6.42 Å². The van der Waals surface area contributed by atoms with Crippen LogP contribution in [0.15, 0.2) is 36.7 Å². The number of nitrogens with zero attached hydrogens (tertiary/aromatic N) is 1. The van der Waals surface area contributed by atoms with Crippen molar-refractivity contribution in [2.24, 2.45) is 0 Å². The first kappa shape index (κ1) is 13.5. The number of aryl methyl sites for hydroxylation is 1. The van der Waals surface area contributed by atoms with Gasteiger partial charge in [-0.05, 0) is 30.5 Å². The fraction of sp³-hybridized carbons (Fsp3) is 0.214. The molecule has 1 atom stereocenters. The monoisotopic (exact) mass is 267 g/mol. The van der Waals surface area contributed by atoms with Crippen molar-refractivity contribution in [2.45, 2.75) is 18.9 Å². The molecule has 0 spiro atoms. The van der Waals surface area contributed by atoms with E-state index in [9.17, 15) is 18.3 Å². The lowest BCUT2D eigenvalue weighted by atomic mass is 10.0. The molecule has 1 unspecified atom stereocenters. The first-order valence-electron chi connectivity index (χ1n) is 5.80. The van der Waals surface area contributed by atoms with E-state index in [1.807, 2.05) is 6.07 Å². The molecule has 2 rings (SSSR count). The van der Waals surface area contributed by atoms with Gasteiger partial charge in [-0.25, -0.2) is 13.2 Å². The molecule has 19 heavy (non-hydrogen) atoms. The van der Waals surface area contributed by atoms with Gasteiger partial charge >= 0.3 is 0 Å². The summed E-state index contributed by atoms with van der Waals surface area (Å²) >= 11 is 0. The second-order valence-electron chi connectivity index (χ2n) is 4.18. The van der Waals surface area contributed by atoms with E-state index in [4.69, 9.17) is 0 Å². The SMILES string of the molecule is OC(CCc1cccnc1)c1ccc(F)c(F)c1F. The molecule has 5 heteroatoms. The largest absolute Gasteiger partial charge is 0.388 e. The van der Waals surface area contributed by atoms with Crippen molar-refractivity contribution >= 4 is 0 Å². The lowest BCUT2D eigenvalue weighted by Crippen LogP contribution is -2.05. The number of aliphatic hydroxyl groups is 1. The summed E-state index contributed by atoms with van der Waals surface area (Å²) in [6.07, 6.45) is 2.74. The Morgan fingerprint density at radius 1 is 1.11 bits per heavy atom. The van der Waals surface area contributed by atoms with Crippen molar-refractivity contribution in [3.05, 3.63) is 65.2 Å². The third kappa shape index (κ3) is 3.12. The van der Waals surface area contributed by atoms with E-state index in [1.165, 1.54) is 0 Å². The van der Waals surface area contributed by atoms with Gasteiger partial charge in [-0.2, -0.15) is 0 Å². The first-order chi connectivity index (χ1) is 9.09. The molecule has 0 bridgehead atoms. The molecule has 1 aromatic carbocycles. The van der Waals surface area contributed by atoms with Crippen LogP contribution in [-0.2, 0) is 6.42 Å². The zero-order valence-electron chi connectivity index (χ0n) is 9.98. The second-order valence-corrected chi connectivity index (χ2v) is 4.18. The first-order valence-corrected chi connectivity index (χ1v) is 5.80. The maximum Gasteiger partial charge on any atom is 0.194 e. The molecule has 0 saturated heterocycles. The Bertz CT molecular complexity index is 560. The fourth-order valence-corrected chi connectivity index (χ4v) is 1.80. The zero-order valence-corrected chi connectivity index (χ0v) is 9.98. The van der Waals surface area contributed by atoms with Crippen LogP contribution < -0.4 is 0 Å². The quantitative estimate of drug-likeness (QED) is 0.863. The molecular formula is C14H12F3NO. The van der Waals surface area contributed by atoms with Gasteiger partial charge < -0.3 is 5.11 Å². The van der Waals surface area contributed by atoms with E-state index < -0.39 is 23.6 Å². The molecule has 0 aliphatic heterocycles. The minimum Gasteiger partial charge on any atom is -0.388 e. The third-order valence-electron chi connectivity index (χ3n) is 2.85.